The molecule has 0 atom stereocenters. The Hall–Kier alpha value is -8.83. The number of fused-ring (bicyclic) bond motifs is 15. The Balaban J connectivity index is 1.17. The van der Waals surface area contributed by atoms with Gasteiger partial charge in [0.25, 0.3) is 0 Å². The van der Waals surface area contributed by atoms with E-state index in [4.69, 9.17) is 14.4 Å². The fourth-order valence-electron chi connectivity index (χ4n) is 10.4. The first-order valence-corrected chi connectivity index (χ1v) is 22.8. The van der Waals surface area contributed by atoms with Crippen LogP contribution in [0.1, 0.15) is 5.56 Å². The maximum absolute atomic E-state index is 10.7. The maximum Gasteiger partial charge on any atom is 0.164 e. The lowest BCUT2D eigenvalue weighted by molar-refractivity contribution is 0.669. The second-order valence-electron chi connectivity index (χ2n) is 16.7. The fraction of sp³-hybridized carbons (Fsp3) is 0. The summed E-state index contributed by atoms with van der Waals surface area (Å²) < 4.78 is 14.5. The molecule has 66 heavy (non-hydrogen) atoms. The second kappa shape index (κ2) is 14.1. The van der Waals surface area contributed by atoms with Crippen molar-refractivity contribution in [2.75, 3.05) is 0 Å². The molecule has 0 saturated heterocycles. The van der Waals surface area contributed by atoms with Gasteiger partial charge in [-0.3, -0.25) is 0 Å². The number of nitriles is 1. The van der Waals surface area contributed by atoms with Gasteiger partial charge >= 0.3 is 0 Å². The molecule has 0 bridgehead atoms. The van der Waals surface area contributed by atoms with E-state index in [-0.39, 0.29) is 0 Å². The van der Waals surface area contributed by atoms with Crippen molar-refractivity contribution in [1.82, 2.24) is 19.1 Å². The summed E-state index contributed by atoms with van der Waals surface area (Å²) in [5.74, 6) is 0.477. The summed E-state index contributed by atoms with van der Waals surface area (Å²) in [6, 6.07) is 72.1. The molecular formula is C59H33N5OS. The number of aromatic nitrogens is 4. The highest BCUT2D eigenvalue weighted by Gasteiger charge is 2.29. The van der Waals surface area contributed by atoms with Crippen LogP contribution in [-0.4, -0.2) is 19.1 Å². The molecule has 6 nitrogen and oxygen atoms in total. The number of para-hydroxylation sites is 4. The van der Waals surface area contributed by atoms with E-state index >= 15 is 0 Å². The van der Waals surface area contributed by atoms with Crippen molar-refractivity contribution in [2.45, 2.75) is 0 Å². The van der Waals surface area contributed by atoms with Crippen LogP contribution in [0.5, 0.6) is 0 Å². The summed E-state index contributed by atoms with van der Waals surface area (Å²) in [6.07, 6.45) is 0. The maximum atomic E-state index is 10.7. The predicted molar refractivity (Wildman–Crippen MR) is 272 cm³/mol. The van der Waals surface area contributed by atoms with Gasteiger partial charge in [0.05, 0.1) is 50.1 Å². The Bertz CT molecular complexity index is 4280. The standard InChI is InChI=1S/C59H33N5OS/c60-34-43-53(35-18-4-1-5-19-35)61-59(62-54(43)36-20-6-2-7-21-36)42-32-33-46(49-40-26-12-16-30-47(40)65-57(42)49)64-45-29-15-10-24-38(45)50-55-51(58-52(56(50)64)41-27-13-17-31-48(41)66-58)39-25-11-14-28-44(39)63(55)37-22-8-3-9-23-37/h1-33H. The van der Waals surface area contributed by atoms with Crippen LogP contribution < -0.4 is 0 Å². The molecule has 14 rings (SSSR count). The molecule has 0 aliphatic carbocycles. The lowest BCUT2D eigenvalue weighted by Gasteiger charge is -2.15. The van der Waals surface area contributed by atoms with Crippen LogP contribution in [0.25, 0.3) is 131 Å². The zero-order valence-electron chi connectivity index (χ0n) is 35.1. The molecule has 0 aliphatic heterocycles. The van der Waals surface area contributed by atoms with Crippen molar-refractivity contribution in [3.05, 3.63) is 206 Å². The topological polar surface area (TPSA) is 72.6 Å². The third-order valence-electron chi connectivity index (χ3n) is 13.2. The van der Waals surface area contributed by atoms with Gasteiger partial charge in [-0.1, -0.05) is 152 Å². The molecule has 5 heterocycles. The Morgan fingerprint density at radius 1 is 0.470 bits per heavy atom. The Labute approximate surface area is 381 Å². The normalized spacial score (nSPS) is 11.9. The molecule has 0 aliphatic rings. The lowest BCUT2D eigenvalue weighted by Crippen LogP contribution is -2.02. The summed E-state index contributed by atoms with van der Waals surface area (Å²) >= 11 is 1.87. The predicted octanol–water partition coefficient (Wildman–Crippen LogP) is 15.8. The average molecular weight is 860 g/mol. The molecule has 0 radical (unpaired) electrons. The summed E-state index contributed by atoms with van der Waals surface area (Å²) in [7, 11) is 0. The Kier molecular flexibility index (Phi) is 7.82. The molecule has 0 saturated carbocycles. The van der Waals surface area contributed by atoms with Gasteiger partial charge in [0.1, 0.15) is 22.8 Å². The van der Waals surface area contributed by atoms with Crippen molar-refractivity contribution in [2.24, 2.45) is 0 Å². The highest BCUT2D eigenvalue weighted by molar-refractivity contribution is 7.27. The van der Waals surface area contributed by atoms with Crippen LogP contribution in [0.2, 0.25) is 0 Å². The number of thiophene rings is 1. The minimum Gasteiger partial charge on any atom is -0.455 e. The van der Waals surface area contributed by atoms with Gasteiger partial charge in [-0.15, -0.1) is 11.3 Å². The highest BCUT2D eigenvalue weighted by Crippen LogP contribution is 2.52. The SMILES string of the molecule is N#Cc1c(-c2ccccc2)nc(-c2ccc(-n3c4ccccc4c4c5c(c6ccccc6n5-c5ccccc5)c5sc6ccccc6c5c43)c3c2oc2ccccc23)nc1-c1ccccc1. The zero-order valence-corrected chi connectivity index (χ0v) is 35.9. The smallest absolute Gasteiger partial charge is 0.164 e. The molecular weight excluding hydrogens is 827 g/mol. The number of benzene rings is 9. The van der Waals surface area contributed by atoms with Crippen LogP contribution in [-0.2, 0) is 0 Å². The van der Waals surface area contributed by atoms with Crippen LogP contribution in [0, 0.1) is 11.3 Å². The summed E-state index contributed by atoms with van der Waals surface area (Å²) in [5.41, 5.74) is 12.1. The van der Waals surface area contributed by atoms with Crippen molar-refractivity contribution in [1.29, 1.82) is 5.26 Å². The van der Waals surface area contributed by atoms with E-state index in [1.165, 1.54) is 47.4 Å². The molecule has 0 unspecified atom stereocenters. The summed E-state index contributed by atoms with van der Waals surface area (Å²) in [6.45, 7) is 0. The van der Waals surface area contributed by atoms with E-state index in [1.807, 2.05) is 84.1 Å². The fourth-order valence-corrected chi connectivity index (χ4v) is 11.7. The molecule has 0 N–H and O–H groups in total. The lowest BCUT2D eigenvalue weighted by atomic mass is 9.99. The minimum absolute atomic E-state index is 0.421. The quantitative estimate of drug-likeness (QED) is 0.173. The van der Waals surface area contributed by atoms with Gasteiger partial charge in [0, 0.05) is 63.9 Å². The van der Waals surface area contributed by atoms with Gasteiger partial charge in [-0.2, -0.15) is 5.26 Å². The molecule has 14 aromatic rings. The highest BCUT2D eigenvalue weighted by atomic mass is 32.1. The average Bonchev–Trinajstić information content (AvgIpc) is 4.15. The van der Waals surface area contributed by atoms with Gasteiger partial charge in [0.2, 0.25) is 0 Å². The Morgan fingerprint density at radius 3 is 1.68 bits per heavy atom. The minimum atomic E-state index is 0.421. The van der Waals surface area contributed by atoms with Crippen molar-refractivity contribution < 1.29 is 4.42 Å². The molecule has 0 spiro atoms. The summed E-state index contributed by atoms with van der Waals surface area (Å²) in [5, 5.41) is 20.0. The van der Waals surface area contributed by atoms with Crippen LogP contribution >= 0.6 is 11.3 Å². The molecule has 9 aromatic carbocycles. The van der Waals surface area contributed by atoms with Crippen LogP contribution in [0.4, 0.5) is 0 Å². The molecule has 306 valence electrons. The van der Waals surface area contributed by atoms with E-state index in [0.717, 1.165) is 60.8 Å². The number of nitrogens with zero attached hydrogens (tertiary/aromatic N) is 5. The first kappa shape index (κ1) is 36.6. The number of furan rings is 1. The first-order valence-electron chi connectivity index (χ1n) is 22.0. The molecule has 5 aromatic heterocycles. The van der Waals surface area contributed by atoms with Gasteiger partial charge in [0.15, 0.2) is 5.82 Å². The van der Waals surface area contributed by atoms with Crippen molar-refractivity contribution >= 4 is 97.1 Å². The van der Waals surface area contributed by atoms with E-state index in [2.05, 4.69) is 143 Å². The second-order valence-corrected chi connectivity index (χ2v) is 17.7. The van der Waals surface area contributed by atoms with E-state index in [9.17, 15) is 5.26 Å². The first-order chi connectivity index (χ1) is 32.7. The monoisotopic (exact) mass is 859 g/mol. The third kappa shape index (κ3) is 5.10. The van der Waals surface area contributed by atoms with Crippen molar-refractivity contribution in [3.8, 4) is 51.3 Å². The van der Waals surface area contributed by atoms with Crippen molar-refractivity contribution in [3.63, 3.8) is 0 Å². The van der Waals surface area contributed by atoms with Gasteiger partial charge in [-0.05, 0) is 48.5 Å². The molecule has 7 heteroatoms. The summed E-state index contributed by atoms with van der Waals surface area (Å²) in [4.78, 5) is 10.5. The van der Waals surface area contributed by atoms with Gasteiger partial charge in [-0.25, -0.2) is 9.97 Å². The Morgan fingerprint density at radius 2 is 1.00 bits per heavy atom. The van der Waals surface area contributed by atoms with Crippen LogP contribution in [0.15, 0.2) is 205 Å². The molecule has 0 fully saturated rings. The number of hydrogen-bond acceptors (Lipinski definition) is 5. The molecule has 0 amide bonds. The van der Waals surface area contributed by atoms with E-state index in [1.54, 1.807) is 0 Å². The van der Waals surface area contributed by atoms with E-state index < -0.39 is 0 Å². The number of hydrogen-bond donors (Lipinski definition) is 0. The van der Waals surface area contributed by atoms with Crippen LogP contribution in [0.3, 0.4) is 0 Å². The van der Waals surface area contributed by atoms with E-state index in [0.29, 0.717) is 28.4 Å². The zero-order chi connectivity index (χ0) is 43.5. The number of rotatable bonds is 5. The van der Waals surface area contributed by atoms with Gasteiger partial charge < -0.3 is 13.6 Å². The largest absolute Gasteiger partial charge is 0.455 e. The third-order valence-corrected chi connectivity index (χ3v) is 14.3.